The van der Waals surface area contributed by atoms with E-state index in [1.54, 1.807) is 17.7 Å². The van der Waals surface area contributed by atoms with E-state index in [1.165, 1.54) is 0 Å². The maximum atomic E-state index is 12.9. The largest absolute Gasteiger partial charge is 0.345 e. The molecule has 29 heavy (non-hydrogen) atoms. The molecule has 0 radical (unpaired) electrons. The number of hydrogen-bond acceptors (Lipinski definition) is 5. The number of nitrogens with one attached hydrogen (secondary N) is 1. The van der Waals surface area contributed by atoms with E-state index in [-0.39, 0.29) is 11.8 Å². The third-order valence-corrected chi connectivity index (χ3v) is 6.19. The third kappa shape index (κ3) is 3.53. The molecule has 1 aliphatic heterocycles. The van der Waals surface area contributed by atoms with Crippen molar-refractivity contribution in [2.75, 3.05) is 13.1 Å². The van der Waals surface area contributed by atoms with E-state index in [2.05, 4.69) is 26.8 Å². The summed E-state index contributed by atoms with van der Waals surface area (Å²) in [6, 6.07) is 9.75. The Morgan fingerprint density at radius 1 is 1.17 bits per heavy atom. The van der Waals surface area contributed by atoms with Crippen LogP contribution in [0.5, 0.6) is 0 Å². The average Bonchev–Trinajstić information content (AvgIpc) is 3.44. The van der Waals surface area contributed by atoms with Crippen LogP contribution in [0.15, 0.2) is 47.4 Å². The molecular formula is C22H21N5OS. The number of amides is 1. The van der Waals surface area contributed by atoms with Crippen molar-refractivity contribution in [1.82, 2.24) is 24.8 Å². The molecule has 0 spiro atoms. The summed E-state index contributed by atoms with van der Waals surface area (Å²) in [6.07, 6.45) is 3.41. The fraction of sp³-hybridized carbons (Fsp3) is 0.273. The molecule has 1 fully saturated rings. The molecule has 7 heteroatoms. The first-order valence-electron chi connectivity index (χ1n) is 9.78. The number of imidazole rings is 1. The second-order valence-electron chi connectivity index (χ2n) is 7.47. The predicted molar refractivity (Wildman–Crippen MR) is 114 cm³/mol. The van der Waals surface area contributed by atoms with Crippen LogP contribution in [0.1, 0.15) is 40.6 Å². The van der Waals surface area contributed by atoms with Gasteiger partial charge in [-0.3, -0.25) is 4.79 Å². The van der Waals surface area contributed by atoms with Crippen molar-refractivity contribution in [3.63, 3.8) is 0 Å². The van der Waals surface area contributed by atoms with E-state index in [0.717, 1.165) is 59.7 Å². The van der Waals surface area contributed by atoms with Gasteiger partial charge in [-0.1, -0.05) is 0 Å². The Bertz CT molecular complexity index is 1160. The Morgan fingerprint density at radius 2 is 2.03 bits per heavy atom. The molecule has 4 heterocycles. The monoisotopic (exact) mass is 403 g/mol. The van der Waals surface area contributed by atoms with Crippen LogP contribution in [0, 0.1) is 6.92 Å². The number of piperidine rings is 1. The molecular weight excluding hydrogens is 382 g/mol. The van der Waals surface area contributed by atoms with E-state index in [0.29, 0.717) is 5.56 Å². The first kappa shape index (κ1) is 18.0. The second-order valence-corrected chi connectivity index (χ2v) is 8.25. The van der Waals surface area contributed by atoms with Crippen molar-refractivity contribution in [2.45, 2.75) is 25.7 Å². The number of carbonyl (C=O) groups is 1. The Morgan fingerprint density at radius 3 is 2.83 bits per heavy atom. The highest BCUT2D eigenvalue weighted by atomic mass is 32.1. The van der Waals surface area contributed by atoms with Crippen molar-refractivity contribution in [3.05, 3.63) is 64.5 Å². The highest BCUT2D eigenvalue weighted by Gasteiger charge is 2.27. The van der Waals surface area contributed by atoms with Crippen molar-refractivity contribution in [3.8, 4) is 11.3 Å². The molecule has 146 valence electrons. The van der Waals surface area contributed by atoms with Gasteiger partial charge in [0.1, 0.15) is 5.82 Å². The molecule has 1 N–H and O–H groups in total. The van der Waals surface area contributed by atoms with Crippen LogP contribution in [0.25, 0.3) is 22.3 Å². The summed E-state index contributed by atoms with van der Waals surface area (Å²) in [5, 5.41) is 4.18. The van der Waals surface area contributed by atoms with Gasteiger partial charge in [-0.2, -0.15) is 11.3 Å². The molecule has 1 aromatic carbocycles. The van der Waals surface area contributed by atoms with Gasteiger partial charge in [0.2, 0.25) is 0 Å². The first-order valence-corrected chi connectivity index (χ1v) is 10.7. The number of aryl methyl sites for hydroxylation is 1. The number of hydrogen-bond donors (Lipinski definition) is 1. The minimum atomic E-state index is 0.0732. The molecule has 5 rings (SSSR count). The second kappa shape index (κ2) is 7.40. The number of aromatic nitrogens is 4. The van der Waals surface area contributed by atoms with Crippen LogP contribution in [-0.2, 0) is 0 Å². The van der Waals surface area contributed by atoms with Gasteiger partial charge in [-0.25, -0.2) is 15.0 Å². The Hall–Kier alpha value is -3.06. The lowest BCUT2D eigenvalue weighted by atomic mass is 9.95. The molecule has 3 aromatic heterocycles. The minimum Gasteiger partial charge on any atom is -0.345 e. The number of benzene rings is 1. The summed E-state index contributed by atoms with van der Waals surface area (Å²) in [5.74, 6) is 1.26. The highest BCUT2D eigenvalue weighted by Crippen LogP contribution is 2.29. The summed E-state index contributed by atoms with van der Waals surface area (Å²) in [6.45, 7) is 3.45. The molecule has 0 atom stereocenters. The first-order chi connectivity index (χ1) is 14.2. The van der Waals surface area contributed by atoms with E-state index < -0.39 is 0 Å². The third-order valence-electron chi connectivity index (χ3n) is 5.50. The average molecular weight is 404 g/mol. The van der Waals surface area contributed by atoms with E-state index >= 15 is 0 Å². The molecule has 0 aliphatic carbocycles. The van der Waals surface area contributed by atoms with Gasteiger partial charge in [-0.15, -0.1) is 0 Å². The smallest absolute Gasteiger partial charge is 0.253 e. The van der Waals surface area contributed by atoms with E-state index in [4.69, 9.17) is 9.97 Å². The molecule has 1 amide bonds. The number of aromatic amines is 1. The van der Waals surface area contributed by atoms with Crippen molar-refractivity contribution in [2.24, 2.45) is 0 Å². The fourth-order valence-electron chi connectivity index (χ4n) is 3.92. The number of rotatable bonds is 3. The van der Waals surface area contributed by atoms with Gasteiger partial charge >= 0.3 is 0 Å². The van der Waals surface area contributed by atoms with E-state index in [1.807, 2.05) is 36.1 Å². The van der Waals surface area contributed by atoms with Crippen LogP contribution in [-0.4, -0.2) is 43.8 Å². The lowest BCUT2D eigenvalue weighted by Gasteiger charge is -2.31. The number of H-pyrrole nitrogens is 1. The number of likely N-dealkylation sites (tertiary alicyclic amines) is 1. The summed E-state index contributed by atoms with van der Waals surface area (Å²) in [7, 11) is 0. The maximum Gasteiger partial charge on any atom is 0.253 e. The normalized spacial score (nSPS) is 15.1. The van der Waals surface area contributed by atoms with Gasteiger partial charge in [0.25, 0.3) is 5.91 Å². The van der Waals surface area contributed by atoms with Crippen LogP contribution in [0.2, 0.25) is 0 Å². The molecule has 0 saturated carbocycles. The van der Waals surface area contributed by atoms with Gasteiger partial charge < -0.3 is 9.88 Å². The van der Waals surface area contributed by atoms with Gasteiger partial charge in [0.15, 0.2) is 0 Å². The molecule has 0 bridgehead atoms. The van der Waals surface area contributed by atoms with Crippen LogP contribution in [0.3, 0.4) is 0 Å². The molecule has 0 unspecified atom stereocenters. The topological polar surface area (TPSA) is 74.8 Å². The Labute approximate surface area is 172 Å². The number of carbonyl (C=O) groups excluding carboxylic acids is 1. The molecule has 6 nitrogen and oxygen atoms in total. The number of thiophene rings is 1. The summed E-state index contributed by atoms with van der Waals surface area (Å²) in [5.41, 5.74) is 5.58. The number of fused-ring (bicyclic) bond motifs is 1. The van der Waals surface area contributed by atoms with Crippen molar-refractivity contribution >= 4 is 28.3 Å². The molecule has 1 aliphatic rings. The zero-order valence-electron chi connectivity index (χ0n) is 16.1. The maximum absolute atomic E-state index is 12.9. The minimum absolute atomic E-state index is 0.0732. The summed E-state index contributed by atoms with van der Waals surface area (Å²) < 4.78 is 0. The van der Waals surface area contributed by atoms with Crippen LogP contribution in [0.4, 0.5) is 0 Å². The van der Waals surface area contributed by atoms with Gasteiger partial charge in [-0.05, 0) is 55.5 Å². The molecule has 4 aromatic rings. The van der Waals surface area contributed by atoms with Gasteiger partial charge in [0, 0.05) is 41.2 Å². The van der Waals surface area contributed by atoms with E-state index in [9.17, 15) is 4.79 Å². The highest BCUT2D eigenvalue weighted by molar-refractivity contribution is 7.08. The zero-order valence-corrected chi connectivity index (χ0v) is 16.9. The fourth-order valence-corrected chi connectivity index (χ4v) is 4.57. The van der Waals surface area contributed by atoms with Crippen LogP contribution < -0.4 is 0 Å². The number of nitrogens with zero attached hydrogens (tertiary/aromatic N) is 4. The SMILES string of the molecule is Cc1cc(-c2ccsc2)nc(C2CCN(C(=O)c3ccc4nc[nH]c4c3)CC2)n1. The molecule has 1 saturated heterocycles. The quantitative estimate of drug-likeness (QED) is 0.550. The zero-order chi connectivity index (χ0) is 19.8. The Balaban J connectivity index is 1.30. The van der Waals surface area contributed by atoms with Crippen LogP contribution >= 0.6 is 11.3 Å². The van der Waals surface area contributed by atoms with Crippen molar-refractivity contribution < 1.29 is 4.79 Å². The predicted octanol–water partition coefficient (Wildman–Crippen LogP) is 4.41. The lowest BCUT2D eigenvalue weighted by molar-refractivity contribution is 0.0711. The van der Waals surface area contributed by atoms with Gasteiger partial charge in [0.05, 0.1) is 23.1 Å². The lowest BCUT2D eigenvalue weighted by Crippen LogP contribution is -2.38. The summed E-state index contributed by atoms with van der Waals surface area (Å²) >= 11 is 1.67. The Kier molecular flexibility index (Phi) is 4.60. The standard InChI is InChI=1S/C22H21N5OS/c1-14-10-19(17-6-9-29-12-17)26-21(25-14)15-4-7-27(8-5-15)22(28)16-2-3-18-20(11-16)24-13-23-18/h2-3,6,9-13,15H,4-5,7-8H2,1H3,(H,23,24). The van der Waals surface area contributed by atoms with Crippen molar-refractivity contribution in [1.29, 1.82) is 0 Å². The summed E-state index contributed by atoms with van der Waals surface area (Å²) in [4.78, 5) is 31.7.